The molecule has 0 aromatic rings. The second kappa shape index (κ2) is 7.76. The molecule has 0 rings (SSSR count). The topological polar surface area (TPSA) is 58.6 Å². The Balaban J connectivity index is 3.65. The van der Waals surface area contributed by atoms with Gasteiger partial charge in [0.1, 0.15) is 0 Å². The van der Waals surface area contributed by atoms with E-state index in [1.807, 2.05) is 0 Å². The molecule has 0 aliphatic rings. The number of amides is 1. The Labute approximate surface area is 78.6 Å². The molecule has 0 radical (unpaired) electrons. The average molecular weight is 187 g/mol. The van der Waals surface area contributed by atoms with E-state index in [0.717, 1.165) is 0 Å². The van der Waals surface area contributed by atoms with Gasteiger partial charge in [-0.05, 0) is 6.42 Å². The summed E-state index contributed by atoms with van der Waals surface area (Å²) in [5, 5.41) is 11.5. The summed E-state index contributed by atoms with van der Waals surface area (Å²) in [6.45, 7) is 3.74. The predicted octanol–water partition coefficient (Wildman–Crippen LogP) is 0.0761. The Morgan fingerprint density at radius 1 is 1.77 bits per heavy atom. The lowest BCUT2D eigenvalue weighted by Crippen LogP contribution is -2.40. The van der Waals surface area contributed by atoms with Gasteiger partial charge in [-0.25, -0.2) is 0 Å². The lowest BCUT2D eigenvalue weighted by atomic mass is 10.2. The quantitative estimate of drug-likeness (QED) is 0.555. The van der Waals surface area contributed by atoms with Gasteiger partial charge in [0, 0.05) is 13.5 Å². The number of carbonyl (C=O) groups excluding carboxylic acids is 1. The molecule has 0 fully saturated rings. The van der Waals surface area contributed by atoms with E-state index in [2.05, 4.69) is 11.9 Å². The van der Waals surface area contributed by atoms with Crippen molar-refractivity contribution in [3.63, 3.8) is 0 Å². The zero-order chi connectivity index (χ0) is 10.1. The number of methoxy groups -OCH3 is 1. The molecule has 4 nitrogen and oxygen atoms in total. The van der Waals surface area contributed by atoms with Crippen LogP contribution in [0.25, 0.3) is 0 Å². The van der Waals surface area contributed by atoms with E-state index in [1.165, 1.54) is 7.11 Å². The van der Waals surface area contributed by atoms with Crippen LogP contribution in [0, 0.1) is 0 Å². The zero-order valence-electron chi connectivity index (χ0n) is 7.95. The van der Waals surface area contributed by atoms with E-state index in [1.54, 1.807) is 6.08 Å². The van der Waals surface area contributed by atoms with Gasteiger partial charge in [-0.2, -0.15) is 0 Å². The normalized spacial score (nSPS) is 12.2. The molecule has 0 aromatic carbocycles. The fraction of sp³-hybridized carbons (Fsp3) is 0.667. The lowest BCUT2D eigenvalue weighted by molar-refractivity contribution is -0.122. The van der Waals surface area contributed by atoms with Crippen LogP contribution in [-0.4, -0.2) is 37.4 Å². The number of nitrogens with one attached hydrogen (secondary N) is 1. The number of carbonyl (C=O) groups is 1. The van der Waals surface area contributed by atoms with Gasteiger partial charge in [-0.1, -0.05) is 6.08 Å². The molecule has 0 spiro atoms. The number of ether oxygens (including phenoxy) is 1. The van der Waals surface area contributed by atoms with Crippen molar-refractivity contribution in [2.24, 2.45) is 0 Å². The van der Waals surface area contributed by atoms with Crippen LogP contribution in [-0.2, 0) is 9.53 Å². The first-order valence-electron chi connectivity index (χ1n) is 4.24. The van der Waals surface area contributed by atoms with Gasteiger partial charge in [0.15, 0.2) is 0 Å². The Morgan fingerprint density at radius 3 is 2.92 bits per heavy atom. The number of hydrogen-bond donors (Lipinski definition) is 2. The van der Waals surface area contributed by atoms with Crippen LogP contribution in [0.5, 0.6) is 0 Å². The zero-order valence-corrected chi connectivity index (χ0v) is 7.95. The predicted molar refractivity (Wildman–Crippen MR) is 50.3 cm³/mol. The average Bonchev–Trinajstić information content (AvgIpc) is 2.14. The molecule has 0 saturated carbocycles. The Hall–Kier alpha value is -0.870. The second-order valence-corrected chi connectivity index (χ2v) is 2.73. The fourth-order valence-corrected chi connectivity index (χ4v) is 0.874. The van der Waals surface area contributed by atoms with Crippen molar-refractivity contribution in [1.82, 2.24) is 5.32 Å². The maximum atomic E-state index is 11.1. The summed E-state index contributed by atoms with van der Waals surface area (Å²) < 4.78 is 4.81. The number of hydrogen-bond acceptors (Lipinski definition) is 3. The first-order chi connectivity index (χ1) is 6.24. The van der Waals surface area contributed by atoms with Gasteiger partial charge in [-0.15, -0.1) is 6.58 Å². The molecule has 1 unspecified atom stereocenters. The van der Waals surface area contributed by atoms with E-state index in [-0.39, 0.29) is 18.6 Å². The molecule has 2 N–H and O–H groups in total. The van der Waals surface area contributed by atoms with E-state index in [9.17, 15) is 4.79 Å². The third kappa shape index (κ3) is 6.31. The van der Waals surface area contributed by atoms with Gasteiger partial charge < -0.3 is 15.2 Å². The van der Waals surface area contributed by atoms with Crippen molar-refractivity contribution in [2.45, 2.75) is 18.9 Å². The van der Waals surface area contributed by atoms with Gasteiger partial charge >= 0.3 is 0 Å². The van der Waals surface area contributed by atoms with E-state index < -0.39 is 0 Å². The van der Waals surface area contributed by atoms with Gasteiger partial charge in [0.2, 0.25) is 5.91 Å². The standard InChI is InChI=1S/C9H17NO3/c1-3-4-5-9(12)10-8(6-11)7-13-2/h3,8,11H,1,4-7H2,2H3,(H,10,12). The number of allylic oxidation sites excluding steroid dienone is 1. The molecule has 1 amide bonds. The summed E-state index contributed by atoms with van der Waals surface area (Å²) in [7, 11) is 1.53. The second-order valence-electron chi connectivity index (χ2n) is 2.73. The van der Waals surface area contributed by atoms with Crippen LogP contribution >= 0.6 is 0 Å². The highest BCUT2D eigenvalue weighted by molar-refractivity contribution is 5.76. The Morgan fingerprint density at radius 2 is 2.46 bits per heavy atom. The van der Waals surface area contributed by atoms with Crippen molar-refractivity contribution >= 4 is 5.91 Å². The minimum absolute atomic E-state index is 0.0870. The molecular formula is C9H17NO3. The highest BCUT2D eigenvalue weighted by Crippen LogP contribution is 1.91. The maximum absolute atomic E-state index is 11.1. The highest BCUT2D eigenvalue weighted by atomic mass is 16.5. The van der Waals surface area contributed by atoms with Crippen LogP contribution in [0.15, 0.2) is 12.7 Å². The van der Waals surface area contributed by atoms with Crippen LogP contribution < -0.4 is 5.32 Å². The summed E-state index contributed by atoms with van der Waals surface area (Å²) in [6.07, 6.45) is 2.74. The molecule has 1 atom stereocenters. The minimum atomic E-state index is -0.303. The summed E-state index contributed by atoms with van der Waals surface area (Å²) in [5.74, 6) is -0.0870. The molecule has 0 aromatic heterocycles. The number of rotatable bonds is 7. The molecule has 0 aliphatic heterocycles. The van der Waals surface area contributed by atoms with Crippen LogP contribution in [0.2, 0.25) is 0 Å². The molecule has 13 heavy (non-hydrogen) atoms. The SMILES string of the molecule is C=CCCC(=O)NC(CO)COC. The van der Waals surface area contributed by atoms with Gasteiger partial charge in [-0.3, -0.25) is 4.79 Å². The monoisotopic (exact) mass is 187 g/mol. The fourth-order valence-electron chi connectivity index (χ4n) is 0.874. The maximum Gasteiger partial charge on any atom is 0.220 e. The van der Waals surface area contributed by atoms with Crippen molar-refractivity contribution in [3.8, 4) is 0 Å². The summed E-state index contributed by atoms with van der Waals surface area (Å²) >= 11 is 0. The largest absolute Gasteiger partial charge is 0.394 e. The highest BCUT2D eigenvalue weighted by Gasteiger charge is 2.09. The lowest BCUT2D eigenvalue weighted by Gasteiger charge is -2.14. The molecule has 0 saturated heterocycles. The van der Waals surface area contributed by atoms with Crippen LogP contribution in [0.1, 0.15) is 12.8 Å². The first kappa shape index (κ1) is 12.1. The summed E-state index contributed by atoms with van der Waals surface area (Å²) in [6, 6.07) is -0.303. The number of aliphatic hydroxyl groups excluding tert-OH is 1. The van der Waals surface area contributed by atoms with Crippen LogP contribution in [0.3, 0.4) is 0 Å². The third-order valence-electron chi connectivity index (χ3n) is 1.53. The summed E-state index contributed by atoms with van der Waals surface area (Å²) in [4.78, 5) is 11.1. The molecule has 0 aliphatic carbocycles. The van der Waals surface area contributed by atoms with Crippen molar-refractivity contribution in [2.75, 3.05) is 20.3 Å². The third-order valence-corrected chi connectivity index (χ3v) is 1.53. The van der Waals surface area contributed by atoms with Crippen molar-refractivity contribution in [3.05, 3.63) is 12.7 Å². The summed E-state index contributed by atoms with van der Waals surface area (Å²) in [5.41, 5.74) is 0. The van der Waals surface area contributed by atoms with Crippen LogP contribution in [0.4, 0.5) is 0 Å². The Bertz CT molecular complexity index is 159. The Kier molecular flexibility index (Phi) is 7.24. The van der Waals surface area contributed by atoms with Gasteiger partial charge in [0.05, 0.1) is 19.3 Å². The van der Waals surface area contributed by atoms with E-state index in [0.29, 0.717) is 19.4 Å². The van der Waals surface area contributed by atoms with E-state index >= 15 is 0 Å². The van der Waals surface area contributed by atoms with Crippen molar-refractivity contribution < 1.29 is 14.6 Å². The first-order valence-corrected chi connectivity index (χ1v) is 4.24. The molecule has 0 heterocycles. The molecule has 4 heteroatoms. The minimum Gasteiger partial charge on any atom is -0.394 e. The van der Waals surface area contributed by atoms with Gasteiger partial charge in [0.25, 0.3) is 0 Å². The van der Waals surface area contributed by atoms with E-state index in [4.69, 9.17) is 9.84 Å². The molecular weight excluding hydrogens is 170 g/mol. The molecule has 0 bridgehead atoms. The number of aliphatic hydroxyl groups is 1. The molecule has 76 valence electrons. The smallest absolute Gasteiger partial charge is 0.220 e. The van der Waals surface area contributed by atoms with Crippen molar-refractivity contribution in [1.29, 1.82) is 0 Å².